The minimum Gasteiger partial charge on any atom is -0.349 e. The molecule has 1 heterocycles. The molecule has 3 nitrogen and oxygen atoms in total. The van der Waals surface area contributed by atoms with Gasteiger partial charge in [0.2, 0.25) is 0 Å². The molecule has 1 aromatic carbocycles. The summed E-state index contributed by atoms with van der Waals surface area (Å²) >= 11 is 12.0. The largest absolute Gasteiger partial charge is 0.349 e. The van der Waals surface area contributed by atoms with Crippen molar-refractivity contribution in [3.8, 4) is 0 Å². The van der Waals surface area contributed by atoms with Crippen LogP contribution in [0.15, 0.2) is 18.2 Å². The van der Waals surface area contributed by atoms with Gasteiger partial charge in [-0.1, -0.05) is 36.2 Å². The van der Waals surface area contributed by atoms with E-state index in [1.54, 1.807) is 18.2 Å². The lowest BCUT2D eigenvalue weighted by Crippen LogP contribution is -2.44. The monoisotopic (exact) mass is 314 g/mol. The van der Waals surface area contributed by atoms with Crippen LogP contribution in [-0.4, -0.2) is 36.5 Å². The molecule has 0 atom stereocenters. The number of nitrogens with one attached hydrogen (secondary N) is 1. The van der Waals surface area contributed by atoms with Gasteiger partial charge < -0.3 is 10.2 Å². The van der Waals surface area contributed by atoms with E-state index in [0.29, 0.717) is 15.6 Å². The topological polar surface area (TPSA) is 32.3 Å². The van der Waals surface area contributed by atoms with Crippen LogP contribution in [0.1, 0.15) is 36.5 Å². The van der Waals surface area contributed by atoms with Gasteiger partial charge in [0.05, 0.1) is 15.6 Å². The predicted octanol–water partition coefficient (Wildman–Crippen LogP) is 3.60. The lowest BCUT2D eigenvalue weighted by molar-refractivity contribution is 0.0911. The van der Waals surface area contributed by atoms with Gasteiger partial charge in [0.25, 0.3) is 5.91 Å². The minimum absolute atomic E-state index is 0.133. The zero-order valence-corrected chi connectivity index (χ0v) is 13.2. The average Bonchev–Trinajstić information content (AvgIpc) is 2.44. The van der Waals surface area contributed by atoms with E-state index in [9.17, 15) is 4.79 Å². The number of benzene rings is 1. The van der Waals surface area contributed by atoms with Gasteiger partial charge in [0.15, 0.2) is 0 Å². The zero-order chi connectivity index (χ0) is 14.5. The van der Waals surface area contributed by atoms with E-state index in [4.69, 9.17) is 23.2 Å². The Morgan fingerprint density at radius 2 is 2.05 bits per heavy atom. The van der Waals surface area contributed by atoms with Crippen LogP contribution in [0.4, 0.5) is 0 Å². The highest BCUT2D eigenvalue weighted by atomic mass is 35.5. The molecule has 1 fully saturated rings. The molecule has 1 N–H and O–H groups in total. The number of nitrogens with zero attached hydrogens (tertiary/aromatic N) is 1. The van der Waals surface area contributed by atoms with Crippen LogP contribution in [0.5, 0.6) is 0 Å². The summed E-state index contributed by atoms with van der Waals surface area (Å²) in [5, 5.41) is 3.80. The molecule has 0 aliphatic carbocycles. The van der Waals surface area contributed by atoms with Gasteiger partial charge in [-0.3, -0.25) is 4.79 Å². The molecule has 0 spiro atoms. The highest BCUT2D eigenvalue weighted by molar-refractivity contribution is 6.43. The van der Waals surface area contributed by atoms with Crippen molar-refractivity contribution in [2.24, 2.45) is 0 Å². The number of rotatable bonds is 4. The molecule has 2 rings (SSSR count). The first kappa shape index (κ1) is 15.6. The molecule has 0 bridgehead atoms. The number of carbonyl (C=O) groups is 1. The molecule has 20 heavy (non-hydrogen) atoms. The van der Waals surface area contributed by atoms with Crippen LogP contribution < -0.4 is 5.32 Å². The van der Waals surface area contributed by atoms with Crippen LogP contribution in [0, 0.1) is 0 Å². The summed E-state index contributed by atoms with van der Waals surface area (Å²) in [6.45, 7) is 5.42. The van der Waals surface area contributed by atoms with Gasteiger partial charge in [0.1, 0.15) is 0 Å². The predicted molar refractivity (Wildman–Crippen MR) is 83.7 cm³/mol. The number of hydrogen-bond acceptors (Lipinski definition) is 2. The minimum atomic E-state index is -0.133. The first-order valence-corrected chi connectivity index (χ1v) is 7.84. The standard InChI is InChI=1S/C15H20Cl2N2O/c1-2-8-19-9-6-11(7-10-19)18-15(20)12-4-3-5-13(16)14(12)17/h3-5,11H,2,6-10H2,1H3,(H,18,20). The van der Waals surface area contributed by atoms with Crippen molar-refractivity contribution in [2.75, 3.05) is 19.6 Å². The average molecular weight is 315 g/mol. The lowest BCUT2D eigenvalue weighted by Gasteiger charge is -2.32. The van der Waals surface area contributed by atoms with Gasteiger partial charge in [-0.15, -0.1) is 0 Å². The highest BCUT2D eigenvalue weighted by Crippen LogP contribution is 2.25. The summed E-state index contributed by atoms with van der Waals surface area (Å²) in [7, 11) is 0. The molecular formula is C15H20Cl2N2O. The maximum absolute atomic E-state index is 12.2. The molecule has 0 saturated carbocycles. The Morgan fingerprint density at radius 3 is 2.70 bits per heavy atom. The summed E-state index contributed by atoms with van der Waals surface area (Å²) in [5.41, 5.74) is 0.454. The SMILES string of the molecule is CCCN1CCC(NC(=O)c2cccc(Cl)c2Cl)CC1. The lowest BCUT2D eigenvalue weighted by atomic mass is 10.0. The Bertz CT molecular complexity index is 471. The third-order valence-corrected chi connectivity index (χ3v) is 4.48. The third-order valence-electron chi connectivity index (χ3n) is 3.66. The van der Waals surface area contributed by atoms with Crippen molar-refractivity contribution in [3.05, 3.63) is 33.8 Å². The van der Waals surface area contributed by atoms with E-state index in [2.05, 4.69) is 17.1 Å². The van der Waals surface area contributed by atoms with Crippen molar-refractivity contribution < 1.29 is 4.79 Å². The van der Waals surface area contributed by atoms with Gasteiger partial charge in [-0.05, 0) is 37.9 Å². The van der Waals surface area contributed by atoms with E-state index in [1.165, 1.54) is 6.42 Å². The molecule has 0 unspecified atom stereocenters. The van der Waals surface area contributed by atoms with Gasteiger partial charge in [-0.25, -0.2) is 0 Å². The van der Waals surface area contributed by atoms with Crippen LogP contribution >= 0.6 is 23.2 Å². The van der Waals surface area contributed by atoms with Crippen molar-refractivity contribution in [3.63, 3.8) is 0 Å². The number of amides is 1. The van der Waals surface area contributed by atoms with E-state index < -0.39 is 0 Å². The first-order chi connectivity index (χ1) is 9.61. The molecule has 110 valence electrons. The maximum Gasteiger partial charge on any atom is 0.253 e. The number of piperidine rings is 1. The second-order valence-electron chi connectivity index (χ2n) is 5.19. The number of halogens is 2. The van der Waals surface area contributed by atoms with Crippen LogP contribution in [-0.2, 0) is 0 Å². The normalized spacial score (nSPS) is 17.1. The molecule has 1 aliphatic heterocycles. The summed E-state index contributed by atoms with van der Waals surface area (Å²) < 4.78 is 0. The van der Waals surface area contributed by atoms with E-state index >= 15 is 0 Å². The Morgan fingerprint density at radius 1 is 1.35 bits per heavy atom. The van der Waals surface area contributed by atoms with E-state index in [0.717, 1.165) is 32.5 Å². The summed E-state index contributed by atoms with van der Waals surface area (Å²) in [5.74, 6) is -0.133. The van der Waals surface area contributed by atoms with Crippen LogP contribution in [0.3, 0.4) is 0 Å². The summed E-state index contributed by atoms with van der Waals surface area (Å²) in [4.78, 5) is 14.7. The number of likely N-dealkylation sites (tertiary alicyclic amines) is 1. The van der Waals surface area contributed by atoms with Crippen molar-refractivity contribution in [2.45, 2.75) is 32.2 Å². The summed E-state index contributed by atoms with van der Waals surface area (Å²) in [6.07, 6.45) is 3.16. The fourth-order valence-corrected chi connectivity index (χ4v) is 2.95. The second-order valence-corrected chi connectivity index (χ2v) is 5.98. The molecular weight excluding hydrogens is 295 g/mol. The van der Waals surface area contributed by atoms with Crippen molar-refractivity contribution >= 4 is 29.1 Å². The molecule has 0 aromatic heterocycles. The van der Waals surface area contributed by atoms with Crippen molar-refractivity contribution in [1.82, 2.24) is 10.2 Å². The Kier molecular flexibility index (Phi) is 5.70. The van der Waals surface area contributed by atoms with E-state index in [1.807, 2.05) is 0 Å². The molecule has 1 aromatic rings. The fraction of sp³-hybridized carbons (Fsp3) is 0.533. The van der Waals surface area contributed by atoms with Gasteiger partial charge in [-0.2, -0.15) is 0 Å². The first-order valence-electron chi connectivity index (χ1n) is 7.09. The Hall–Kier alpha value is -0.770. The quantitative estimate of drug-likeness (QED) is 0.921. The van der Waals surface area contributed by atoms with Crippen molar-refractivity contribution in [1.29, 1.82) is 0 Å². The Balaban J connectivity index is 1.91. The molecule has 0 radical (unpaired) electrons. The Labute approximate surface area is 130 Å². The summed E-state index contributed by atoms with van der Waals surface area (Å²) in [6, 6.07) is 5.36. The maximum atomic E-state index is 12.2. The van der Waals surface area contributed by atoms with Crippen LogP contribution in [0.2, 0.25) is 10.0 Å². The zero-order valence-electron chi connectivity index (χ0n) is 11.7. The molecule has 1 amide bonds. The molecule has 5 heteroatoms. The highest BCUT2D eigenvalue weighted by Gasteiger charge is 2.21. The number of hydrogen-bond donors (Lipinski definition) is 1. The van der Waals surface area contributed by atoms with E-state index in [-0.39, 0.29) is 11.9 Å². The number of carbonyl (C=O) groups excluding carboxylic acids is 1. The van der Waals surface area contributed by atoms with Gasteiger partial charge in [0, 0.05) is 19.1 Å². The second kappa shape index (κ2) is 7.30. The molecule has 1 saturated heterocycles. The van der Waals surface area contributed by atoms with Gasteiger partial charge >= 0.3 is 0 Å². The smallest absolute Gasteiger partial charge is 0.253 e. The molecule has 1 aliphatic rings. The third kappa shape index (κ3) is 3.87. The van der Waals surface area contributed by atoms with Crippen LogP contribution in [0.25, 0.3) is 0 Å². The fourth-order valence-electron chi connectivity index (χ4n) is 2.56.